The average molecular weight is 278 g/mol. The van der Waals surface area contributed by atoms with Crippen LogP contribution in [0.25, 0.3) is 0 Å². The van der Waals surface area contributed by atoms with Gasteiger partial charge < -0.3 is 0 Å². The molecule has 1 atom stereocenters. The quantitative estimate of drug-likeness (QED) is 0.756. The minimum atomic E-state index is 0.294. The lowest BCUT2D eigenvalue weighted by molar-refractivity contribution is 0.553. The van der Waals surface area contributed by atoms with E-state index in [1.165, 1.54) is 11.1 Å². The molecule has 0 saturated carbocycles. The third kappa shape index (κ3) is 3.35. The van der Waals surface area contributed by atoms with Gasteiger partial charge in [-0.1, -0.05) is 31.2 Å². The molecule has 3 nitrogen and oxygen atoms in total. The number of aryl methyl sites for hydroxylation is 2. The Bertz CT molecular complexity index is 522. The molecule has 0 spiro atoms. The fourth-order valence-electron chi connectivity index (χ4n) is 2.36. The monoisotopic (exact) mass is 277 g/mol. The van der Waals surface area contributed by atoms with Crippen LogP contribution in [0.4, 0.5) is 0 Å². The van der Waals surface area contributed by atoms with Gasteiger partial charge in [0.25, 0.3) is 0 Å². The molecule has 0 N–H and O–H groups in total. The van der Waals surface area contributed by atoms with Crippen LogP contribution in [0.15, 0.2) is 30.6 Å². The zero-order valence-electron chi connectivity index (χ0n) is 11.5. The summed E-state index contributed by atoms with van der Waals surface area (Å²) in [5, 5.41) is 4.27. The Labute approximate surface area is 119 Å². The average Bonchev–Trinajstić information content (AvgIpc) is 2.85. The van der Waals surface area contributed by atoms with Gasteiger partial charge in [-0.3, -0.25) is 4.68 Å². The number of rotatable bonds is 6. The second kappa shape index (κ2) is 6.71. The zero-order valence-corrected chi connectivity index (χ0v) is 12.3. The van der Waals surface area contributed by atoms with E-state index in [9.17, 15) is 0 Å². The molecule has 4 heteroatoms. The molecule has 1 unspecified atom stereocenters. The smallest absolute Gasteiger partial charge is 0.138 e. The number of halogens is 1. The lowest BCUT2D eigenvalue weighted by atomic mass is 9.93. The predicted octanol–water partition coefficient (Wildman–Crippen LogP) is 3.56. The van der Waals surface area contributed by atoms with Crippen molar-refractivity contribution in [1.82, 2.24) is 14.8 Å². The van der Waals surface area contributed by atoms with Crippen molar-refractivity contribution >= 4 is 11.6 Å². The fraction of sp³-hybridized carbons (Fsp3) is 0.467. The first-order valence-electron chi connectivity index (χ1n) is 6.74. The Balaban J connectivity index is 2.19. The van der Waals surface area contributed by atoms with Crippen LogP contribution in [0.1, 0.15) is 36.2 Å². The van der Waals surface area contributed by atoms with Gasteiger partial charge in [-0.15, -0.1) is 11.6 Å². The van der Waals surface area contributed by atoms with Gasteiger partial charge in [-0.2, -0.15) is 5.10 Å². The van der Waals surface area contributed by atoms with Crippen molar-refractivity contribution in [3.63, 3.8) is 0 Å². The Hall–Kier alpha value is -1.35. The largest absolute Gasteiger partial charge is 0.250 e. The molecule has 1 aromatic heterocycles. The molecule has 2 rings (SSSR count). The van der Waals surface area contributed by atoms with Crippen LogP contribution in [0, 0.1) is 6.92 Å². The summed E-state index contributed by atoms with van der Waals surface area (Å²) in [6, 6.07) is 8.41. The first kappa shape index (κ1) is 14.1. The maximum absolute atomic E-state index is 6.16. The highest BCUT2D eigenvalue weighted by atomic mass is 35.5. The lowest BCUT2D eigenvalue weighted by Crippen LogP contribution is -2.12. The van der Waals surface area contributed by atoms with E-state index in [-0.39, 0.29) is 0 Å². The van der Waals surface area contributed by atoms with Gasteiger partial charge in [0.15, 0.2) is 0 Å². The molecule has 0 bridgehead atoms. The summed E-state index contributed by atoms with van der Waals surface area (Å²) in [6.45, 7) is 5.19. The Morgan fingerprint density at radius 1 is 1.32 bits per heavy atom. The van der Waals surface area contributed by atoms with E-state index in [0.717, 1.165) is 25.2 Å². The molecule has 19 heavy (non-hydrogen) atoms. The predicted molar refractivity (Wildman–Crippen MR) is 78.7 cm³/mol. The van der Waals surface area contributed by atoms with Gasteiger partial charge in [0, 0.05) is 24.8 Å². The number of alkyl halides is 1. The molecule has 0 aliphatic carbocycles. The van der Waals surface area contributed by atoms with Crippen LogP contribution in [0.2, 0.25) is 0 Å². The van der Waals surface area contributed by atoms with Crippen molar-refractivity contribution in [1.29, 1.82) is 0 Å². The Kier molecular flexibility index (Phi) is 4.97. The summed E-state index contributed by atoms with van der Waals surface area (Å²) in [5.41, 5.74) is 2.60. The van der Waals surface area contributed by atoms with Gasteiger partial charge in [0.1, 0.15) is 12.2 Å². The molecule has 102 valence electrons. The van der Waals surface area contributed by atoms with Crippen LogP contribution in [-0.2, 0) is 13.0 Å². The van der Waals surface area contributed by atoms with Gasteiger partial charge >= 0.3 is 0 Å². The minimum Gasteiger partial charge on any atom is -0.250 e. The highest BCUT2D eigenvalue weighted by Crippen LogP contribution is 2.24. The van der Waals surface area contributed by atoms with Gasteiger partial charge in [0.05, 0.1) is 0 Å². The highest BCUT2D eigenvalue weighted by molar-refractivity contribution is 6.18. The third-order valence-electron chi connectivity index (χ3n) is 3.37. The standard InChI is InChI=1S/C15H20ClN3/c1-3-8-19-15(17-11-18-19)9-13(10-16)14-7-5-4-6-12(14)2/h4-7,11,13H,3,8-10H2,1-2H3. The van der Waals surface area contributed by atoms with Crippen LogP contribution >= 0.6 is 11.6 Å². The molecular weight excluding hydrogens is 258 g/mol. The van der Waals surface area contributed by atoms with Crippen molar-refractivity contribution in [2.75, 3.05) is 5.88 Å². The van der Waals surface area contributed by atoms with E-state index in [1.54, 1.807) is 6.33 Å². The Morgan fingerprint density at radius 2 is 2.11 bits per heavy atom. The molecule has 0 aliphatic heterocycles. The second-order valence-corrected chi connectivity index (χ2v) is 5.12. The van der Waals surface area contributed by atoms with E-state index >= 15 is 0 Å². The molecular formula is C15H20ClN3. The van der Waals surface area contributed by atoms with E-state index in [1.807, 2.05) is 4.68 Å². The number of hydrogen-bond acceptors (Lipinski definition) is 2. The third-order valence-corrected chi connectivity index (χ3v) is 3.75. The molecule has 0 saturated heterocycles. The summed E-state index contributed by atoms with van der Waals surface area (Å²) in [7, 11) is 0. The summed E-state index contributed by atoms with van der Waals surface area (Å²) in [6.07, 6.45) is 3.54. The van der Waals surface area contributed by atoms with Crippen molar-refractivity contribution in [3.05, 3.63) is 47.5 Å². The van der Waals surface area contributed by atoms with E-state index in [4.69, 9.17) is 11.6 Å². The van der Waals surface area contributed by atoms with Crippen molar-refractivity contribution in [2.45, 2.75) is 39.2 Å². The summed E-state index contributed by atoms with van der Waals surface area (Å²) in [5.74, 6) is 1.92. The lowest BCUT2D eigenvalue weighted by Gasteiger charge is -2.16. The molecule has 0 aliphatic rings. The van der Waals surface area contributed by atoms with Gasteiger partial charge in [0.2, 0.25) is 0 Å². The molecule has 0 radical (unpaired) electrons. The topological polar surface area (TPSA) is 30.7 Å². The van der Waals surface area contributed by atoms with Gasteiger partial charge in [-0.05, 0) is 24.5 Å². The molecule has 1 aromatic carbocycles. The molecule has 2 aromatic rings. The zero-order chi connectivity index (χ0) is 13.7. The van der Waals surface area contributed by atoms with Crippen molar-refractivity contribution in [2.24, 2.45) is 0 Å². The highest BCUT2D eigenvalue weighted by Gasteiger charge is 2.16. The van der Waals surface area contributed by atoms with Crippen LogP contribution in [0.5, 0.6) is 0 Å². The van der Waals surface area contributed by atoms with Gasteiger partial charge in [-0.25, -0.2) is 4.98 Å². The van der Waals surface area contributed by atoms with Crippen molar-refractivity contribution < 1.29 is 0 Å². The normalized spacial score (nSPS) is 12.6. The SMILES string of the molecule is CCCn1ncnc1CC(CCl)c1ccccc1C. The number of benzene rings is 1. The first-order chi connectivity index (χ1) is 9.26. The molecule has 0 fully saturated rings. The summed E-state index contributed by atoms with van der Waals surface area (Å²) >= 11 is 6.16. The molecule has 0 amide bonds. The minimum absolute atomic E-state index is 0.294. The van der Waals surface area contributed by atoms with E-state index < -0.39 is 0 Å². The van der Waals surface area contributed by atoms with Crippen LogP contribution in [0.3, 0.4) is 0 Å². The first-order valence-corrected chi connectivity index (χ1v) is 7.27. The maximum atomic E-state index is 6.16. The number of nitrogens with zero attached hydrogens (tertiary/aromatic N) is 3. The number of aromatic nitrogens is 3. The Morgan fingerprint density at radius 3 is 2.79 bits per heavy atom. The second-order valence-electron chi connectivity index (χ2n) is 4.81. The van der Waals surface area contributed by atoms with Crippen LogP contribution < -0.4 is 0 Å². The van der Waals surface area contributed by atoms with Crippen LogP contribution in [-0.4, -0.2) is 20.6 Å². The van der Waals surface area contributed by atoms with E-state index in [0.29, 0.717) is 11.8 Å². The maximum Gasteiger partial charge on any atom is 0.138 e. The summed E-state index contributed by atoms with van der Waals surface area (Å²) in [4.78, 5) is 4.37. The summed E-state index contributed by atoms with van der Waals surface area (Å²) < 4.78 is 1.98. The van der Waals surface area contributed by atoms with Crippen molar-refractivity contribution in [3.8, 4) is 0 Å². The van der Waals surface area contributed by atoms with E-state index in [2.05, 4.69) is 48.2 Å². The molecule has 1 heterocycles. The fourth-order valence-corrected chi connectivity index (χ4v) is 2.63. The number of hydrogen-bond donors (Lipinski definition) is 0.